The summed E-state index contributed by atoms with van der Waals surface area (Å²) in [4.78, 5) is 0. The second-order valence-corrected chi connectivity index (χ2v) is 8.88. The molecule has 5 rings (SSSR count). The zero-order valence-corrected chi connectivity index (χ0v) is 12.9. The molecule has 1 unspecified atom stereocenters. The summed E-state index contributed by atoms with van der Waals surface area (Å²) in [6.45, 7) is -0.0621. The zero-order valence-electron chi connectivity index (χ0n) is 12.0. The number of alkyl halides is 2. The van der Waals surface area contributed by atoms with E-state index in [0.717, 1.165) is 25.7 Å². The van der Waals surface area contributed by atoms with Crippen LogP contribution in [0.5, 0.6) is 0 Å². The van der Waals surface area contributed by atoms with Gasteiger partial charge in [-0.05, 0) is 43.9 Å². The van der Waals surface area contributed by atoms with Crippen molar-refractivity contribution in [2.75, 3.05) is 6.61 Å². The highest BCUT2D eigenvalue weighted by Gasteiger charge is 2.62. The molecule has 22 heavy (non-hydrogen) atoms. The Labute approximate surface area is 128 Å². The van der Waals surface area contributed by atoms with Crippen molar-refractivity contribution < 1.29 is 31.2 Å². The summed E-state index contributed by atoms with van der Waals surface area (Å²) in [6.07, 6.45) is 3.08. The molecule has 1 saturated heterocycles. The number of halogens is 2. The van der Waals surface area contributed by atoms with Gasteiger partial charge in [-0.2, -0.15) is 8.78 Å². The van der Waals surface area contributed by atoms with Crippen LogP contribution in [0.25, 0.3) is 0 Å². The van der Waals surface area contributed by atoms with Crippen molar-refractivity contribution in [1.29, 1.82) is 0 Å². The van der Waals surface area contributed by atoms with Crippen LogP contribution in [-0.2, 0) is 19.6 Å². The molecule has 0 radical (unpaired) electrons. The summed E-state index contributed by atoms with van der Waals surface area (Å²) < 4.78 is 70.6. The normalized spacial score (nSPS) is 47.5. The number of rotatable bonds is 3. The average molecular weight is 337 g/mol. The van der Waals surface area contributed by atoms with E-state index in [1.165, 1.54) is 6.42 Å². The van der Waals surface area contributed by atoms with Crippen molar-refractivity contribution in [2.45, 2.75) is 55.7 Å². The molecule has 4 aliphatic carbocycles. The van der Waals surface area contributed by atoms with Crippen molar-refractivity contribution in [2.24, 2.45) is 23.7 Å². The lowest BCUT2D eigenvalue weighted by Crippen LogP contribution is -2.58. The Hall–Kier alpha value is -0.310. The lowest BCUT2D eigenvalue weighted by atomic mass is 9.53. The second kappa shape index (κ2) is 4.62. The van der Waals surface area contributed by atoms with E-state index in [9.17, 15) is 21.8 Å². The standard InChI is InChI=1S/C14H20F2O5S/c15-13(16,22(17,18)19)6-12-7-20-14(21-12)10-2-8-1-9(4-10)5-11(14)3-8/h8-12H,1-7H2,(H,17,18,19)/p-1. The third kappa shape index (κ3) is 2.14. The molecule has 1 heterocycles. The third-order valence-electron chi connectivity index (χ3n) is 5.95. The van der Waals surface area contributed by atoms with E-state index in [4.69, 9.17) is 9.47 Å². The van der Waals surface area contributed by atoms with Crippen molar-refractivity contribution >= 4 is 10.1 Å². The Balaban J connectivity index is 1.51. The maximum Gasteiger partial charge on any atom is 0.337 e. The second-order valence-electron chi connectivity index (χ2n) is 7.37. The van der Waals surface area contributed by atoms with Gasteiger partial charge < -0.3 is 14.0 Å². The van der Waals surface area contributed by atoms with Gasteiger partial charge in [0.25, 0.3) is 0 Å². The van der Waals surface area contributed by atoms with Crippen LogP contribution >= 0.6 is 0 Å². The molecule has 0 aromatic heterocycles. The molecule has 5 fully saturated rings. The van der Waals surface area contributed by atoms with Gasteiger partial charge in [-0.15, -0.1) is 0 Å². The van der Waals surface area contributed by atoms with Crippen LogP contribution in [0.1, 0.15) is 38.5 Å². The van der Waals surface area contributed by atoms with E-state index in [-0.39, 0.29) is 18.4 Å². The van der Waals surface area contributed by atoms with Gasteiger partial charge in [-0.25, -0.2) is 8.42 Å². The Bertz CT molecular complexity index is 548. The molecule has 4 bridgehead atoms. The zero-order chi connectivity index (χ0) is 15.8. The van der Waals surface area contributed by atoms with Crippen LogP contribution in [0.2, 0.25) is 0 Å². The van der Waals surface area contributed by atoms with Crippen LogP contribution in [0.4, 0.5) is 8.78 Å². The predicted octanol–water partition coefficient (Wildman–Crippen LogP) is 2.08. The maximum atomic E-state index is 13.5. The number of hydrogen-bond donors (Lipinski definition) is 0. The molecule has 8 heteroatoms. The average Bonchev–Trinajstić information content (AvgIpc) is 2.78. The minimum Gasteiger partial charge on any atom is -0.743 e. The van der Waals surface area contributed by atoms with Crippen LogP contribution in [0.3, 0.4) is 0 Å². The lowest BCUT2D eigenvalue weighted by Gasteiger charge is -2.58. The van der Waals surface area contributed by atoms with E-state index in [1.807, 2.05) is 0 Å². The molecule has 0 amide bonds. The SMILES string of the molecule is O=S(=O)([O-])C(F)(F)CC1COC2(O1)C1CC3CC(C1)CC2C3. The number of hydrogen-bond acceptors (Lipinski definition) is 5. The van der Waals surface area contributed by atoms with Crippen molar-refractivity contribution in [3.63, 3.8) is 0 Å². The Kier molecular flexibility index (Phi) is 3.20. The van der Waals surface area contributed by atoms with Crippen molar-refractivity contribution in [3.8, 4) is 0 Å². The molecule has 1 spiro atoms. The van der Waals surface area contributed by atoms with E-state index in [1.54, 1.807) is 0 Å². The molecule has 0 N–H and O–H groups in total. The summed E-state index contributed by atoms with van der Waals surface area (Å²) in [5.41, 5.74) is 0. The molecule has 126 valence electrons. The fraction of sp³-hybridized carbons (Fsp3) is 1.00. The third-order valence-corrected chi connectivity index (χ3v) is 6.85. The van der Waals surface area contributed by atoms with Gasteiger partial charge in [-0.3, -0.25) is 0 Å². The predicted molar refractivity (Wildman–Crippen MR) is 69.9 cm³/mol. The molecule has 0 aromatic carbocycles. The fourth-order valence-electron chi connectivity index (χ4n) is 5.29. The highest BCUT2D eigenvalue weighted by atomic mass is 32.2. The van der Waals surface area contributed by atoms with Crippen LogP contribution in [0, 0.1) is 23.7 Å². The molecule has 0 aromatic rings. The summed E-state index contributed by atoms with van der Waals surface area (Å²) in [7, 11) is -5.67. The highest BCUT2D eigenvalue weighted by molar-refractivity contribution is 7.86. The molecular weight excluding hydrogens is 318 g/mol. The van der Waals surface area contributed by atoms with Gasteiger partial charge in [0.05, 0.1) is 19.1 Å². The van der Waals surface area contributed by atoms with E-state index in [0.29, 0.717) is 11.8 Å². The molecule has 1 aliphatic heterocycles. The van der Waals surface area contributed by atoms with Crippen molar-refractivity contribution in [3.05, 3.63) is 0 Å². The van der Waals surface area contributed by atoms with Crippen LogP contribution in [0.15, 0.2) is 0 Å². The summed E-state index contributed by atoms with van der Waals surface area (Å²) in [6, 6.07) is 0. The van der Waals surface area contributed by atoms with E-state index in [2.05, 4.69) is 0 Å². The number of ether oxygens (including phenoxy) is 2. The van der Waals surface area contributed by atoms with Gasteiger partial charge >= 0.3 is 5.25 Å². The van der Waals surface area contributed by atoms with Gasteiger partial charge in [0.1, 0.15) is 0 Å². The summed E-state index contributed by atoms with van der Waals surface area (Å²) in [5, 5.41) is -4.31. The van der Waals surface area contributed by atoms with E-state index < -0.39 is 33.7 Å². The van der Waals surface area contributed by atoms with Gasteiger partial charge in [0.15, 0.2) is 15.9 Å². The quantitative estimate of drug-likeness (QED) is 0.737. The molecular formula is C14H19F2O5S-. The van der Waals surface area contributed by atoms with E-state index >= 15 is 0 Å². The first kappa shape index (κ1) is 15.2. The van der Waals surface area contributed by atoms with Crippen molar-refractivity contribution in [1.82, 2.24) is 0 Å². The summed E-state index contributed by atoms with van der Waals surface area (Å²) >= 11 is 0. The highest BCUT2D eigenvalue weighted by Crippen LogP contribution is 2.61. The Morgan fingerprint density at radius 1 is 1.09 bits per heavy atom. The van der Waals surface area contributed by atoms with Gasteiger partial charge in [-0.1, -0.05) is 0 Å². The lowest BCUT2D eigenvalue weighted by molar-refractivity contribution is -0.295. The molecule has 4 saturated carbocycles. The first-order chi connectivity index (χ1) is 10.2. The largest absolute Gasteiger partial charge is 0.743 e. The molecule has 5 nitrogen and oxygen atoms in total. The van der Waals surface area contributed by atoms with Gasteiger partial charge in [0, 0.05) is 11.8 Å². The van der Waals surface area contributed by atoms with Crippen LogP contribution in [-0.4, -0.2) is 36.7 Å². The topological polar surface area (TPSA) is 75.7 Å². The van der Waals surface area contributed by atoms with Gasteiger partial charge in [0.2, 0.25) is 0 Å². The Morgan fingerprint density at radius 2 is 1.64 bits per heavy atom. The molecule has 5 aliphatic rings. The minimum absolute atomic E-state index is 0.0621. The minimum atomic E-state index is -5.67. The smallest absolute Gasteiger partial charge is 0.337 e. The monoisotopic (exact) mass is 337 g/mol. The first-order valence-corrected chi connectivity index (χ1v) is 9.25. The first-order valence-electron chi connectivity index (χ1n) is 7.84. The fourth-order valence-corrected chi connectivity index (χ4v) is 5.68. The Morgan fingerprint density at radius 3 is 2.14 bits per heavy atom. The maximum absolute atomic E-state index is 13.5. The molecule has 1 atom stereocenters. The van der Waals surface area contributed by atoms with Crippen LogP contribution < -0.4 is 0 Å². The summed E-state index contributed by atoms with van der Waals surface area (Å²) in [5.74, 6) is 0.976.